The lowest BCUT2D eigenvalue weighted by atomic mass is 10.1. The Morgan fingerprint density at radius 1 is 1.00 bits per heavy atom. The SMILES string of the molecule is C=CCN(CC(=O)N1CCCN(c2ccc(-c3ccc(F)cc3)nn2)CC1)S(=O)(=O)c1ccc(C)cc1. The van der Waals surface area contributed by atoms with Gasteiger partial charge in [0.05, 0.1) is 17.1 Å². The maximum atomic E-state index is 13.2. The predicted octanol–water partition coefficient (Wildman–Crippen LogP) is 3.51. The molecule has 0 radical (unpaired) electrons. The number of amides is 1. The fraction of sp³-hybridized carbons (Fsp3) is 0.296. The van der Waals surface area contributed by atoms with Gasteiger partial charge in [0.15, 0.2) is 5.82 Å². The number of hydrogen-bond acceptors (Lipinski definition) is 6. The fourth-order valence-electron chi connectivity index (χ4n) is 4.17. The summed E-state index contributed by atoms with van der Waals surface area (Å²) in [6.45, 7) is 7.52. The van der Waals surface area contributed by atoms with E-state index in [4.69, 9.17) is 0 Å². The van der Waals surface area contributed by atoms with Crippen LogP contribution in [0.25, 0.3) is 11.3 Å². The van der Waals surface area contributed by atoms with Crippen molar-refractivity contribution in [2.24, 2.45) is 0 Å². The molecule has 1 fully saturated rings. The summed E-state index contributed by atoms with van der Waals surface area (Å²) >= 11 is 0. The lowest BCUT2D eigenvalue weighted by molar-refractivity contribution is -0.131. The highest BCUT2D eigenvalue weighted by Gasteiger charge is 2.28. The third-order valence-electron chi connectivity index (χ3n) is 6.27. The van der Waals surface area contributed by atoms with E-state index in [0.717, 1.165) is 15.4 Å². The Morgan fingerprint density at radius 2 is 1.73 bits per heavy atom. The average Bonchev–Trinajstić information content (AvgIpc) is 3.16. The number of benzene rings is 2. The van der Waals surface area contributed by atoms with Crippen LogP contribution in [0.5, 0.6) is 0 Å². The van der Waals surface area contributed by atoms with Gasteiger partial charge in [0.2, 0.25) is 15.9 Å². The summed E-state index contributed by atoms with van der Waals surface area (Å²) in [6, 6.07) is 16.4. The lowest BCUT2D eigenvalue weighted by Gasteiger charge is -2.26. The third-order valence-corrected chi connectivity index (χ3v) is 8.09. The first-order valence-corrected chi connectivity index (χ1v) is 13.5. The Bertz CT molecular complexity index is 1330. The maximum absolute atomic E-state index is 13.2. The largest absolute Gasteiger partial charge is 0.353 e. The summed E-state index contributed by atoms with van der Waals surface area (Å²) < 4.78 is 40.7. The van der Waals surface area contributed by atoms with Crippen molar-refractivity contribution in [2.45, 2.75) is 18.2 Å². The highest BCUT2D eigenvalue weighted by molar-refractivity contribution is 7.89. The van der Waals surface area contributed by atoms with Crippen molar-refractivity contribution < 1.29 is 17.6 Å². The monoisotopic (exact) mass is 523 g/mol. The Hall–Kier alpha value is -3.63. The maximum Gasteiger partial charge on any atom is 0.243 e. The van der Waals surface area contributed by atoms with Gasteiger partial charge in [0.1, 0.15) is 5.82 Å². The molecule has 1 saturated heterocycles. The normalized spacial score (nSPS) is 14.5. The Morgan fingerprint density at radius 3 is 2.38 bits per heavy atom. The highest BCUT2D eigenvalue weighted by atomic mass is 32.2. The summed E-state index contributed by atoms with van der Waals surface area (Å²) in [6.07, 6.45) is 2.19. The minimum absolute atomic E-state index is 0.0396. The standard InChI is InChI=1S/C27H30FN5O3S/c1-3-15-33(37(35,36)24-11-5-21(2)6-12-24)20-27(34)32-17-4-16-31(18-19-32)26-14-13-25(29-30-26)22-7-9-23(28)10-8-22/h3,5-14H,1,4,15-20H2,2H3. The zero-order chi connectivity index (χ0) is 26.4. The van der Waals surface area contributed by atoms with E-state index in [0.29, 0.717) is 44.1 Å². The lowest BCUT2D eigenvalue weighted by Crippen LogP contribution is -2.44. The molecule has 37 heavy (non-hydrogen) atoms. The van der Waals surface area contributed by atoms with Crippen LogP contribution in [-0.2, 0) is 14.8 Å². The van der Waals surface area contributed by atoms with E-state index in [9.17, 15) is 17.6 Å². The van der Waals surface area contributed by atoms with Crippen molar-refractivity contribution in [1.29, 1.82) is 0 Å². The van der Waals surface area contributed by atoms with Gasteiger partial charge in [0.25, 0.3) is 0 Å². The zero-order valence-electron chi connectivity index (χ0n) is 20.8. The van der Waals surface area contributed by atoms with Gasteiger partial charge in [-0.1, -0.05) is 23.8 Å². The van der Waals surface area contributed by atoms with Crippen LogP contribution in [0.4, 0.5) is 10.2 Å². The second-order valence-corrected chi connectivity index (χ2v) is 10.8. The summed E-state index contributed by atoms with van der Waals surface area (Å²) in [7, 11) is -3.84. The van der Waals surface area contributed by atoms with Gasteiger partial charge >= 0.3 is 0 Å². The Balaban J connectivity index is 1.40. The number of nitrogens with zero attached hydrogens (tertiary/aromatic N) is 5. The van der Waals surface area contributed by atoms with E-state index in [2.05, 4.69) is 21.7 Å². The molecule has 4 rings (SSSR count). The zero-order valence-corrected chi connectivity index (χ0v) is 21.6. The summed E-state index contributed by atoms with van der Waals surface area (Å²) in [5.74, 6) is 0.130. The van der Waals surface area contributed by atoms with Crippen LogP contribution in [0, 0.1) is 12.7 Å². The molecule has 0 spiro atoms. The van der Waals surface area contributed by atoms with Gasteiger partial charge in [-0.15, -0.1) is 16.8 Å². The minimum Gasteiger partial charge on any atom is -0.353 e. The van der Waals surface area contributed by atoms with Gasteiger partial charge in [-0.3, -0.25) is 4.79 Å². The van der Waals surface area contributed by atoms with Crippen molar-refractivity contribution in [3.05, 3.63) is 84.7 Å². The number of anilines is 1. The minimum atomic E-state index is -3.84. The van der Waals surface area contributed by atoms with Crippen molar-refractivity contribution in [3.8, 4) is 11.3 Å². The molecule has 2 aromatic carbocycles. The number of carbonyl (C=O) groups is 1. The molecule has 0 bridgehead atoms. The van der Waals surface area contributed by atoms with Gasteiger partial charge in [-0.25, -0.2) is 12.8 Å². The molecule has 2 heterocycles. The smallest absolute Gasteiger partial charge is 0.243 e. The van der Waals surface area contributed by atoms with Crippen LogP contribution < -0.4 is 4.90 Å². The molecular formula is C27H30FN5O3S. The van der Waals surface area contributed by atoms with Crippen molar-refractivity contribution in [2.75, 3.05) is 44.2 Å². The highest BCUT2D eigenvalue weighted by Crippen LogP contribution is 2.21. The molecule has 1 aliphatic rings. The number of carbonyl (C=O) groups excluding carboxylic acids is 1. The second-order valence-electron chi connectivity index (χ2n) is 8.90. The first-order valence-electron chi connectivity index (χ1n) is 12.1. The van der Waals surface area contributed by atoms with Crippen LogP contribution >= 0.6 is 0 Å². The molecule has 0 aliphatic carbocycles. The average molecular weight is 524 g/mol. The summed E-state index contributed by atoms with van der Waals surface area (Å²) in [4.78, 5) is 17.0. The molecule has 0 atom stereocenters. The predicted molar refractivity (Wildman–Crippen MR) is 141 cm³/mol. The molecule has 0 unspecified atom stereocenters. The molecule has 10 heteroatoms. The van der Waals surface area contributed by atoms with Crippen LogP contribution in [0.15, 0.2) is 78.2 Å². The summed E-state index contributed by atoms with van der Waals surface area (Å²) in [5, 5.41) is 8.62. The van der Waals surface area contributed by atoms with Gasteiger partial charge in [0, 0.05) is 38.3 Å². The third kappa shape index (κ3) is 6.39. The summed E-state index contributed by atoms with van der Waals surface area (Å²) in [5.41, 5.74) is 2.37. The van der Waals surface area contributed by atoms with Crippen molar-refractivity contribution >= 4 is 21.7 Å². The number of sulfonamides is 1. The topological polar surface area (TPSA) is 86.7 Å². The first-order chi connectivity index (χ1) is 17.8. The van der Waals surface area contributed by atoms with Crippen LogP contribution in [0.2, 0.25) is 0 Å². The Kier molecular flexibility index (Phi) is 8.30. The number of aromatic nitrogens is 2. The van der Waals surface area contributed by atoms with Crippen LogP contribution in [-0.4, -0.2) is 73.0 Å². The number of halogens is 1. The number of rotatable bonds is 8. The molecule has 8 nitrogen and oxygen atoms in total. The van der Waals surface area contributed by atoms with E-state index in [-0.39, 0.29) is 29.7 Å². The molecule has 194 valence electrons. The molecule has 3 aromatic rings. The van der Waals surface area contributed by atoms with Crippen LogP contribution in [0.1, 0.15) is 12.0 Å². The van der Waals surface area contributed by atoms with Crippen LogP contribution in [0.3, 0.4) is 0 Å². The van der Waals surface area contributed by atoms with Crippen molar-refractivity contribution in [1.82, 2.24) is 19.4 Å². The first kappa shape index (κ1) is 26.4. The molecule has 1 amide bonds. The van der Waals surface area contributed by atoms with E-state index >= 15 is 0 Å². The van der Waals surface area contributed by atoms with E-state index in [1.54, 1.807) is 41.3 Å². The molecule has 0 saturated carbocycles. The molecule has 1 aliphatic heterocycles. The van der Waals surface area contributed by atoms with E-state index in [1.165, 1.54) is 18.2 Å². The molecule has 1 aromatic heterocycles. The number of aryl methyl sites for hydroxylation is 1. The van der Waals surface area contributed by atoms with Gasteiger partial charge in [-0.05, 0) is 61.9 Å². The van der Waals surface area contributed by atoms with Crippen molar-refractivity contribution in [3.63, 3.8) is 0 Å². The quantitative estimate of drug-likeness (QED) is 0.420. The Labute approximate surface area is 217 Å². The number of hydrogen-bond donors (Lipinski definition) is 0. The van der Waals surface area contributed by atoms with Gasteiger partial charge < -0.3 is 9.80 Å². The van der Waals surface area contributed by atoms with Gasteiger partial charge in [-0.2, -0.15) is 4.31 Å². The van der Waals surface area contributed by atoms with E-state index in [1.807, 2.05) is 19.1 Å². The van der Waals surface area contributed by atoms with E-state index < -0.39 is 10.0 Å². The molecule has 0 N–H and O–H groups in total. The molecular weight excluding hydrogens is 493 g/mol. The second kappa shape index (κ2) is 11.6. The fourth-order valence-corrected chi connectivity index (χ4v) is 5.53.